The van der Waals surface area contributed by atoms with E-state index in [4.69, 9.17) is 0 Å². The van der Waals surface area contributed by atoms with Crippen LogP contribution < -0.4 is 15.5 Å². The summed E-state index contributed by atoms with van der Waals surface area (Å²) in [4.78, 5) is 42.0. The number of anilines is 1. The Balaban J connectivity index is 1.61. The Morgan fingerprint density at radius 2 is 1.78 bits per heavy atom. The van der Waals surface area contributed by atoms with Crippen molar-refractivity contribution >= 4 is 28.5 Å². The number of benzene rings is 1. The molecule has 3 aromatic rings. The van der Waals surface area contributed by atoms with Crippen molar-refractivity contribution in [1.29, 1.82) is 0 Å². The van der Waals surface area contributed by atoms with Gasteiger partial charge in [-0.25, -0.2) is 4.98 Å². The van der Waals surface area contributed by atoms with Crippen LogP contribution in [0, 0.1) is 0 Å². The second kappa shape index (κ2) is 10.6. The number of amides is 2. The van der Waals surface area contributed by atoms with Crippen LogP contribution in [0.25, 0.3) is 11.0 Å². The van der Waals surface area contributed by atoms with Gasteiger partial charge in [-0.3, -0.25) is 19.5 Å². The topological polar surface area (TPSA) is 103 Å². The molecule has 8 nitrogen and oxygen atoms in total. The number of hydrogen-bond acceptors (Lipinski definition) is 5. The van der Waals surface area contributed by atoms with Crippen molar-refractivity contribution in [2.45, 2.75) is 89.3 Å². The zero-order chi connectivity index (χ0) is 26.0. The van der Waals surface area contributed by atoms with Crippen LogP contribution in [0.5, 0.6) is 0 Å². The Kier molecular flexibility index (Phi) is 7.29. The normalized spacial score (nSPS) is 19.6. The van der Waals surface area contributed by atoms with Crippen LogP contribution in [0.1, 0.15) is 82.9 Å². The molecule has 2 aromatic heterocycles. The molecule has 8 heteroatoms. The van der Waals surface area contributed by atoms with Gasteiger partial charge in [0.1, 0.15) is 6.04 Å². The summed E-state index contributed by atoms with van der Waals surface area (Å²) in [7, 11) is 0. The Bertz CT molecular complexity index is 1230. The number of pyridine rings is 1. The molecule has 1 aliphatic heterocycles. The number of rotatable bonds is 6. The van der Waals surface area contributed by atoms with Crippen molar-refractivity contribution in [3.63, 3.8) is 0 Å². The highest BCUT2D eigenvalue weighted by atomic mass is 16.2. The van der Waals surface area contributed by atoms with Gasteiger partial charge in [-0.1, -0.05) is 52.2 Å². The number of aromatic amines is 1. The van der Waals surface area contributed by atoms with Gasteiger partial charge in [0, 0.05) is 23.5 Å². The van der Waals surface area contributed by atoms with Crippen LogP contribution in [0.2, 0.25) is 0 Å². The van der Waals surface area contributed by atoms with Gasteiger partial charge in [-0.05, 0) is 55.3 Å². The van der Waals surface area contributed by atoms with Gasteiger partial charge in [-0.2, -0.15) is 0 Å². The van der Waals surface area contributed by atoms with Crippen molar-refractivity contribution in [2.24, 2.45) is 0 Å². The van der Waals surface area contributed by atoms with Gasteiger partial charge in [-0.15, -0.1) is 0 Å². The van der Waals surface area contributed by atoms with Crippen LogP contribution >= 0.6 is 0 Å². The standard InChI is InChI=1S/C29H38N6O2/c1-29(2,3)19-11-13-21(14-12-19)35(28(37)23-10-7-15-31-23)26(27(36)34-20-8-5-4-6-9-20)22-16-30-17-24-25(22)33-18-32-24/h11-14,16-18,20,23,26,31H,4-10,15H2,1-3H3,(H,32,33)(H,34,36)/t23-,26?/m1/s1. The van der Waals surface area contributed by atoms with E-state index in [2.05, 4.69) is 58.5 Å². The van der Waals surface area contributed by atoms with Crippen molar-refractivity contribution in [2.75, 3.05) is 11.4 Å². The molecule has 0 radical (unpaired) electrons. The highest BCUT2D eigenvalue weighted by molar-refractivity contribution is 6.05. The first-order valence-electron chi connectivity index (χ1n) is 13.6. The minimum atomic E-state index is -0.892. The van der Waals surface area contributed by atoms with Gasteiger partial charge in [0.2, 0.25) is 11.8 Å². The molecular formula is C29H38N6O2. The molecule has 37 heavy (non-hydrogen) atoms. The summed E-state index contributed by atoms with van der Waals surface area (Å²) in [6.07, 6.45) is 12.0. The maximum Gasteiger partial charge on any atom is 0.248 e. The van der Waals surface area contributed by atoms with Crippen LogP contribution in [0.3, 0.4) is 0 Å². The summed E-state index contributed by atoms with van der Waals surface area (Å²) in [6, 6.07) is 6.93. The lowest BCUT2D eigenvalue weighted by atomic mass is 9.87. The van der Waals surface area contributed by atoms with E-state index in [0.29, 0.717) is 16.8 Å². The van der Waals surface area contributed by atoms with Crippen LogP contribution in [-0.2, 0) is 15.0 Å². The molecule has 3 N–H and O–H groups in total. The molecule has 196 valence electrons. The highest BCUT2D eigenvalue weighted by Gasteiger charge is 2.39. The van der Waals surface area contributed by atoms with Crippen molar-refractivity contribution in [3.8, 4) is 0 Å². The van der Waals surface area contributed by atoms with Gasteiger partial charge in [0.25, 0.3) is 0 Å². The lowest BCUT2D eigenvalue weighted by Gasteiger charge is -2.35. The Hall–Kier alpha value is -3.26. The molecular weight excluding hydrogens is 464 g/mol. The molecule has 1 saturated heterocycles. The third-order valence-corrected chi connectivity index (χ3v) is 7.72. The first kappa shape index (κ1) is 25.4. The predicted octanol–water partition coefficient (Wildman–Crippen LogP) is 4.53. The van der Waals surface area contributed by atoms with Crippen molar-refractivity contribution in [1.82, 2.24) is 25.6 Å². The zero-order valence-electron chi connectivity index (χ0n) is 22.1. The number of carbonyl (C=O) groups excluding carboxylic acids is 2. The summed E-state index contributed by atoms with van der Waals surface area (Å²) in [5.74, 6) is -0.284. The molecule has 2 atom stereocenters. The monoisotopic (exact) mass is 502 g/mol. The zero-order valence-corrected chi connectivity index (χ0v) is 22.1. The lowest BCUT2D eigenvalue weighted by molar-refractivity contribution is -0.128. The van der Waals surface area contributed by atoms with Crippen molar-refractivity contribution < 1.29 is 9.59 Å². The Morgan fingerprint density at radius 3 is 2.46 bits per heavy atom. The predicted molar refractivity (Wildman–Crippen MR) is 145 cm³/mol. The van der Waals surface area contributed by atoms with E-state index in [1.54, 1.807) is 23.6 Å². The lowest BCUT2D eigenvalue weighted by Crippen LogP contribution is -2.51. The quantitative estimate of drug-likeness (QED) is 0.460. The van der Waals surface area contributed by atoms with E-state index < -0.39 is 6.04 Å². The van der Waals surface area contributed by atoms with Gasteiger partial charge in [0.15, 0.2) is 0 Å². The fourth-order valence-electron chi connectivity index (χ4n) is 5.60. The summed E-state index contributed by atoms with van der Waals surface area (Å²) < 4.78 is 0. The summed E-state index contributed by atoms with van der Waals surface area (Å²) >= 11 is 0. The summed E-state index contributed by atoms with van der Waals surface area (Å²) in [6.45, 7) is 7.29. The van der Waals surface area contributed by atoms with E-state index in [1.165, 1.54) is 12.0 Å². The summed E-state index contributed by atoms with van der Waals surface area (Å²) in [5, 5.41) is 6.63. The number of H-pyrrole nitrogens is 1. The molecule has 1 unspecified atom stereocenters. The van der Waals surface area contributed by atoms with E-state index in [-0.39, 0.29) is 29.3 Å². The third kappa shape index (κ3) is 5.39. The average Bonchev–Trinajstić information content (AvgIpc) is 3.60. The third-order valence-electron chi connectivity index (χ3n) is 7.72. The fourth-order valence-corrected chi connectivity index (χ4v) is 5.60. The number of imidazole rings is 1. The second-order valence-corrected chi connectivity index (χ2v) is 11.4. The van der Waals surface area contributed by atoms with Gasteiger partial charge >= 0.3 is 0 Å². The minimum absolute atomic E-state index is 0.0251. The molecule has 1 aliphatic carbocycles. The van der Waals surface area contributed by atoms with Gasteiger partial charge in [0.05, 0.1) is 29.6 Å². The molecule has 5 rings (SSSR count). The molecule has 0 bridgehead atoms. The maximum absolute atomic E-state index is 14.1. The van der Waals surface area contributed by atoms with Crippen LogP contribution in [0.15, 0.2) is 43.0 Å². The van der Waals surface area contributed by atoms with Crippen LogP contribution in [-0.4, -0.2) is 45.4 Å². The van der Waals surface area contributed by atoms with Crippen LogP contribution in [0.4, 0.5) is 5.69 Å². The first-order chi connectivity index (χ1) is 17.8. The van der Waals surface area contributed by atoms with Crippen molar-refractivity contribution in [3.05, 3.63) is 54.1 Å². The Morgan fingerprint density at radius 1 is 1.03 bits per heavy atom. The smallest absolute Gasteiger partial charge is 0.248 e. The number of nitrogens with zero attached hydrogens (tertiary/aromatic N) is 3. The molecule has 0 spiro atoms. The summed E-state index contributed by atoms with van der Waals surface area (Å²) in [5.41, 5.74) is 3.86. The number of nitrogens with one attached hydrogen (secondary N) is 3. The number of fused-ring (bicyclic) bond motifs is 1. The number of aromatic nitrogens is 3. The average molecular weight is 503 g/mol. The number of carbonyl (C=O) groups is 2. The first-order valence-corrected chi connectivity index (χ1v) is 13.6. The molecule has 1 aromatic carbocycles. The molecule has 2 amide bonds. The van der Waals surface area contributed by atoms with E-state index >= 15 is 0 Å². The second-order valence-electron chi connectivity index (χ2n) is 11.4. The van der Waals surface area contributed by atoms with E-state index in [1.807, 2.05) is 12.1 Å². The van der Waals surface area contributed by atoms with Gasteiger partial charge < -0.3 is 15.6 Å². The molecule has 1 saturated carbocycles. The SMILES string of the molecule is CC(C)(C)c1ccc(N(C(=O)[C@H]2CCCN2)C(C(=O)NC2CCCCC2)c2cncc3[nH]cnc23)cc1. The minimum Gasteiger partial charge on any atom is -0.351 e. The Labute approximate surface area is 218 Å². The maximum atomic E-state index is 14.1. The van der Waals surface area contributed by atoms with E-state index in [0.717, 1.165) is 50.6 Å². The molecule has 2 aliphatic rings. The highest BCUT2D eigenvalue weighted by Crippen LogP contribution is 2.34. The molecule has 2 fully saturated rings. The number of hydrogen-bond donors (Lipinski definition) is 3. The molecule has 3 heterocycles. The largest absolute Gasteiger partial charge is 0.351 e. The fraction of sp³-hybridized carbons (Fsp3) is 0.517. The van der Waals surface area contributed by atoms with E-state index in [9.17, 15) is 9.59 Å².